The second-order valence-corrected chi connectivity index (χ2v) is 9.91. The van der Waals surface area contributed by atoms with Gasteiger partial charge in [0.2, 0.25) is 17.7 Å². The Hall–Kier alpha value is -5.24. The first-order valence-corrected chi connectivity index (χ1v) is 13.2. The number of carbonyl (C=O) groups excluding carboxylic acids is 3. The minimum absolute atomic E-state index is 0.0619. The number of amidine groups is 1. The Balaban J connectivity index is 1.76. The van der Waals surface area contributed by atoms with E-state index in [1.165, 1.54) is 4.90 Å². The van der Waals surface area contributed by atoms with Gasteiger partial charge in [-0.2, -0.15) is 0 Å². The third-order valence-corrected chi connectivity index (χ3v) is 6.95. The second-order valence-electron chi connectivity index (χ2n) is 9.91. The highest BCUT2D eigenvalue weighted by molar-refractivity contribution is 5.95. The first-order chi connectivity index (χ1) is 19.7. The number of nitrogens with one attached hydrogen (secondary N) is 1. The Labute approximate surface area is 239 Å². The summed E-state index contributed by atoms with van der Waals surface area (Å²) < 4.78 is 0. The van der Waals surface area contributed by atoms with Gasteiger partial charge in [-0.05, 0) is 27.8 Å². The van der Waals surface area contributed by atoms with Crippen LogP contribution in [0.15, 0.2) is 109 Å². The summed E-state index contributed by atoms with van der Waals surface area (Å²) in [6.45, 7) is 0.116. The van der Waals surface area contributed by atoms with E-state index in [1.807, 2.05) is 72.8 Å². The van der Waals surface area contributed by atoms with Crippen molar-refractivity contribution < 1.29 is 14.4 Å². The van der Waals surface area contributed by atoms with E-state index < -0.39 is 23.8 Å². The molecular formula is C33H33N5O3. The summed E-state index contributed by atoms with van der Waals surface area (Å²) in [5.74, 6) is -2.08. The highest BCUT2D eigenvalue weighted by Crippen LogP contribution is 2.29. The van der Waals surface area contributed by atoms with Gasteiger partial charge >= 0.3 is 0 Å². The Morgan fingerprint density at radius 1 is 0.659 bits per heavy atom. The first-order valence-electron chi connectivity index (χ1n) is 13.2. The fraction of sp³-hybridized carbons (Fsp3) is 0.152. The number of hydrogen-bond acceptors (Lipinski definition) is 4. The Morgan fingerprint density at radius 2 is 1.15 bits per heavy atom. The van der Waals surface area contributed by atoms with Crippen molar-refractivity contribution in [2.24, 2.45) is 17.2 Å². The van der Waals surface area contributed by atoms with Crippen molar-refractivity contribution in [2.45, 2.75) is 31.3 Å². The van der Waals surface area contributed by atoms with E-state index in [0.717, 1.165) is 27.8 Å². The number of amides is 3. The molecule has 0 saturated carbocycles. The molecule has 0 aliphatic carbocycles. The molecule has 1 atom stereocenters. The summed E-state index contributed by atoms with van der Waals surface area (Å²) in [4.78, 5) is 40.5. The van der Waals surface area contributed by atoms with Crippen molar-refractivity contribution in [1.82, 2.24) is 4.90 Å². The standard InChI is InChI=1S/C33H33N5O3/c34-29(39)20-23-11-13-24(14-12-23)21-38(28(32(37)40)19-22-15-17-27(18-16-22)31(35)36)33(41)30(25-7-3-1-4-8-25)26-9-5-2-6-10-26/h1-18,28,30H,19-21H2,(H2,34,39)(H3,35,36)(H2,37,40)/t28-/m1/s1. The number of nitrogens with two attached hydrogens (primary N) is 3. The molecule has 0 saturated heterocycles. The molecule has 0 fully saturated rings. The number of nitrogens with zero attached hydrogens (tertiary/aromatic N) is 1. The van der Waals surface area contributed by atoms with Crippen LogP contribution in [0, 0.1) is 5.41 Å². The monoisotopic (exact) mass is 547 g/mol. The smallest absolute Gasteiger partial charge is 0.240 e. The van der Waals surface area contributed by atoms with Gasteiger partial charge in [0.25, 0.3) is 0 Å². The lowest BCUT2D eigenvalue weighted by atomic mass is 9.88. The summed E-state index contributed by atoms with van der Waals surface area (Å²) in [6.07, 6.45) is 0.280. The number of nitrogen functional groups attached to an aromatic ring is 1. The molecule has 0 aromatic heterocycles. The quantitative estimate of drug-likeness (QED) is 0.159. The van der Waals surface area contributed by atoms with Crippen LogP contribution in [-0.4, -0.2) is 34.5 Å². The van der Waals surface area contributed by atoms with Gasteiger partial charge in [0.1, 0.15) is 11.9 Å². The van der Waals surface area contributed by atoms with Crippen molar-refractivity contribution in [3.8, 4) is 0 Å². The average Bonchev–Trinajstić information content (AvgIpc) is 2.97. The normalized spacial score (nSPS) is 11.5. The molecule has 0 bridgehead atoms. The van der Waals surface area contributed by atoms with Gasteiger partial charge in [-0.15, -0.1) is 0 Å². The van der Waals surface area contributed by atoms with E-state index >= 15 is 0 Å². The number of carbonyl (C=O) groups is 3. The molecule has 208 valence electrons. The molecule has 4 aromatic rings. The maximum Gasteiger partial charge on any atom is 0.240 e. The number of rotatable bonds is 12. The molecule has 7 N–H and O–H groups in total. The number of primary amides is 2. The summed E-state index contributed by atoms with van der Waals surface area (Å²) in [5.41, 5.74) is 21.3. The highest BCUT2D eigenvalue weighted by Gasteiger charge is 2.34. The molecule has 0 heterocycles. The van der Waals surface area contributed by atoms with Crippen molar-refractivity contribution in [2.75, 3.05) is 0 Å². The zero-order chi connectivity index (χ0) is 29.4. The summed E-state index contributed by atoms with van der Waals surface area (Å²) in [6, 6.07) is 32.1. The van der Waals surface area contributed by atoms with Gasteiger partial charge in [-0.1, -0.05) is 109 Å². The lowest BCUT2D eigenvalue weighted by Crippen LogP contribution is -2.50. The molecule has 8 heteroatoms. The van der Waals surface area contributed by atoms with Gasteiger partial charge in [0, 0.05) is 18.5 Å². The van der Waals surface area contributed by atoms with Crippen LogP contribution in [0.4, 0.5) is 0 Å². The van der Waals surface area contributed by atoms with E-state index in [9.17, 15) is 14.4 Å². The summed E-state index contributed by atoms with van der Waals surface area (Å²) >= 11 is 0. The Kier molecular flexibility index (Phi) is 9.27. The van der Waals surface area contributed by atoms with Gasteiger partial charge in [-0.25, -0.2) is 0 Å². The van der Waals surface area contributed by atoms with Crippen LogP contribution in [0.1, 0.15) is 39.3 Å². The lowest BCUT2D eigenvalue weighted by molar-refractivity contribution is -0.140. The fourth-order valence-electron chi connectivity index (χ4n) is 4.84. The molecule has 4 aromatic carbocycles. The zero-order valence-corrected chi connectivity index (χ0v) is 22.6. The fourth-order valence-corrected chi connectivity index (χ4v) is 4.84. The first kappa shape index (κ1) is 28.8. The van der Waals surface area contributed by atoms with E-state index in [4.69, 9.17) is 22.6 Å². The lowest BCUT2D eigenvalue weighted by Gasteiger charge is -2.33. The van der Waals surface area contributed by atoms with Gasteiger partial charge in [0.05, 0.1) is 12.3 Å². The number of benzene rings is 4. The SMILES string of the molecule is N=C(N)c1ccc(C[C@H](C(N)=O)N(Cc2ccc(CC(N)=O)cc2)C(=O)C(c2ccccc2)c2ccccc2)cc1. The molecule has 0 aliphatic heterocycles. The van der Waals surface area contributed by atoms with Gasteiger partial charge in [-0.3, -0.25) is 19.8 Å². The Bertz CT molecular complexity index is 1470. The van der Waals surface area contributed by atoms with Crippen molar-refractivity contribution >= 4 is 23.6 Å². The third kappa shape index (κ3) is 7.45. The van der Waals surface area contributed by atoms with Crippen LogP contribution in [0.2, 0.25) is 0 Å². The zero-order valence-electron chi connectivity index (χ0n) is 22.6. The van der Waals surface area contributed by atoms with Crippen molar-refractivity contribution in [3.63, 3.8) is 0 Å². The van der Waals surface area contributed by atoms with Crippen molar-refractivity contribution in [1.29, 1.82) is 5.41 Å². The number of hydrogen-bond donors (Lipinski definition) is 4. The van der Waals surface area contributed by atoms with Crippen LogP contribution in [0.25, 0.3) is 0 Å². The van der Waals surface area contributed by atoms with Gasteiger partial charge < -0.3 is 22.1 Å². The minimum atomic E-state index is -0.967. The third-order valence-electron chi connectivity index (χ3n) is 6.95. The Morgan fingerprint density at radius 3 is 1.61 bits per heavy atom. The van der Waals surface area contributed by atoms with Crippen molar-refractivity contribution in [3.05, 3.63) is 143 Å². The molecule has 0 spiro atoms. The molecule has 4 rings (SSSR count). The molecule has 0 aliphatic rings. The second kappa shape index (κ2) is 13.2. The van der Waals surface area contributed by atoms with Crippen LogP contribution in [0.5, 0.6) is 0 Å². The van der Waals surface area contributed by atoms with E-state index in [-0.39, 0.29) is 31.1 Å². The van der Waals surface area contributed by atoms with Gasteiger partial charge in [0.15, 0.2) is 0 Å². The maximum absolute atomic E-state index is 14.6. The summed E-state index contributed by atoms with van der Waals surface area (Å²) in [7, 11) is 0. The van der Waals surface area contributed by atoms with Crippen LogP contribution in [-0.2, 0) is 33.8 Å². The van der Waals surface area contributed by atoms with E-state index in [1.54, 1.807) is 36.4 Å². The molecule has 41 heavy (non-hydrogen) atoms. The summed E-state index contributed by atoms with van der Waals surface area (Å²) in [5, 5.41) is 7.65. The van der Waals surface area contributed by atoms with E-state index in [2.05, 4.69) is 0 Å². The molecular weight excluding hydrogens is 514 g/mol. The minimum Gasteiger partial charge on any atom is -0.384 e. The largest absolute Gasteiger partial charge is 0.384 e. The topological polar surface area (TPSA) is 156 Å². The average molecular weight is 548 g/mol. The highest BCUT2D eigenvalue weighted by atomic mass is 16.2. The van der Waals surface area contributed by atoms with Crippen LogP contribution >= 0.6 is 0 Å². The van der Waals surface area contributed by atoms with E-state index in [0.29, 0.717) is 5.56 Å². The maximum atomic E-state index is 14.6. The van der Waals surface area contributed by atoms with Crippen LogP contribution in [0.3, 0.4) is 0 Å². The molecule has 8 nitrogen and oxygen atoms in total. The molecule has 0 unspecified atom stereocenters. The molecule has 3 amide bonds. The predicted octanol–water partition coefficient (Wildman–Crippen LogP) is 3.26. The van der Waals surface area contributed by atoms with Crippen LogP contribution < -0.4 is 17.2 Å². The molecule has 0 radical (unpaired) electrons. The predicted molar refractivity (Wildman–Crippen MR) is 159 cm³/mol.